The van der Waals surface area contributed by atoms with E-state index in [0.29, 0.717) is 0 Å². The fourth-order valence-electron chi connectivity index (χ4n) is 2.79. The minimum atomic E-state index is 0.143. The summed E-state index contributed by atoms with van der Waals surface area (Å²) in [6.07, 6.45) is 10.7. The van der Waals surface area contributed by atoms with Gasteiger partial charge in [0.05, 0.1) is 12.0 Å². The van der Waals surface area contributed by atoms with Gasteiger partial charge in [-0.25, -0.2) is 4.98 Å². The summed E-state index contributed by atoms with van der Waals surface area (Å²) in [6, 6.07) is 17.4. The number of aryl methyl sites for hydroxylation is 2. The Kier molecular flexibility index (Phi) is 5.81. The predicted octanol–water partition coefficient (Wildman–Crippen LogP) is 4.39. The van der Waals surface area contributed by atoms with E-state index in [9.17, 15) is 0 Å². The molecule has 128 valence electrons. The zero-order valence-electron chi connectivity index (χ0n) is 14.7. The topological polar surface area (TPSA) is 54.7 Å². The first-order chi connectivity index (χ1) is 12.2. The lowest BCUT2D eigenvalue weighted by molar-refractivity contribution is 0.604. The summed E-state index contributed by atoms with van der Waals surface area (Å²) >= 11 is 0. The Balaban J connectivity index is 1.50. The van der Waals surface area contributed by atoms with Crippen LogP contribution >= 0.6 is 0 Å². The molecule has 0 bridgehead atoms. The standard InChI is InChI=1S/C22H25N3/c1-17-2-4-18(5-3-17)6-7-19-8-10-20(11-9-19)12-13-21(23)14-22-15-24-16-25-22/h2-11,15-16,21H,12-14,23H2,1H3,(H,24,25)/b7-6+. The van der Waals surface area contributed by atoms with Gasteiger partial charge in [-0.15, -0.1) is 0 Å². The summed E-state index contributed by atoms with van der Waals surface area (Å²) < 4.78 is 0. The van der Waals surface area contributed by atoms with Crippen molar-refractivity contribution in [2.75, 3.05) is 0 Å². The van der Waals surface area contributed by atoms with Crippen LogP contribution in [0.5, 0.6) is 0 Å². The monoisotopic (exact) mass is 331 g/mol. The van der Waals surface area contributed by atoms with Crippen LogP contribution in [0.2, 0.25) is 0 Å². The Labute approximate surface area is 149 Å². The van der Waals surface area contributed by atoms with E-state index in [1.807, 2.05) is 6.20 Å². The molecular weight excluding hydrogens is 306 g/mol. The molecule has 3 N–H and O–H groups in total. The van der Waals surface area contributed by atoms with E-state index in [2.05, 4.69) is 77.6 Å². The molecule has 3 heteroatoms. The summed E-state index contributed by atoms with van der Waals surface area (Å²) in [5, 5.41) is 0. The predicted molar refractivity (Wildman–Crippen MR) is 105 cm³/mol. The third-order valence-electron chi connectivity index (χ3n) is 4.36. The number of aromatic nitrogens is 2. The highest BCUT2D eigenvalue weighted by atomic mass is 14.9. The molecule has 3 aromatic rings. The molecule has 0 radical (unpaired) electrons. The molecule has 1 aromatic heterocycles. The molecule has 0 aliphatic rings. The molecule has 2 aromatic carbocycles. The Morgan fingerprint density at radius 2 is 1.64 bits per heavy atom. The SMILES string of the molecule is Cc1ccc(/C=C/c2ccc(CCC(N)Cc3c[nH]cn3)cc2)cc1. The van der Waals surface area contributed by atoms with Crippen LogP contribution in [0.1, 0.15) is 34.4 Å². The number of nitrogens with one attached hydrogen (secondary N) is 1. The lowest BCUT2D eigenvalue weighted by Gasteiger charge is -2.10. The first kappa shape index (κ1) is 17.2. The van der Waals surface area contributed by atoms with E-state index < -0.39 is 0 Å². The van der Waals surface area contributed by atoms with E-state index in [-0.39, 0.29) is 6.04 Å². The molecule has 0 amide bonds. The van der Waals surface area contributed by atoms with Crippen LogP contribution in [0.4, 0.5) is 0 Å². The molecular formula is C22H25N3. The van der Waals surface area contributed by atoms with E-state index in [0.717, 1.165) is 25.0 Å². The maximum atomic E-state index is 6.20. The average Bonchev–Trinajstić information content (AvgIpc) is 3.13. The first-order valence-corrected chi connectivity index (χ1v) is 8.76. The van der Waals surface area contributed by atoms with Gasteiger partial charge in [0, 0.05) is 18.7 Å². The highest BCUT2D eigenvalue weighted by Crippen LogP contribution is 2.13. The van der Waals surface area contributed by atoms with Crippen LogP contribution in [0.3, 0.4) is 0 Å². The van der Waals surface area contributed by atoms with Crippen molar-refractivity contribution in [2.24, 2.45) is 5.73 Å². The summed E-state index contributed by atoms with van der Waals surface area (Å²) in [7, 11) is 0. The Morgan fingerprint density at radius 3 is 2.24 bits per heavy atom. The van der Waals surface area contributed by atoms with Gasteiger partial charge in [0.2, 0.25) is 0 Å². The number of aromatic amines is 1. The molecule has 0 spiro atoms. The number of hydrogen-bond donors (Lipinski definition) is 2. The lowest BCUT2D eigenvalue weighted by Crippen LogP contribution is -2.23. The minimum Gasteiger partial charge on any atom is -0.351 e. The van der Waals surface area contributed by atoms with Crippen LogP contribution in [-0.2, 0) is 12.8 Å². The van der Waals surface area contributed by atoms with Crippen molar-refractivity contribution in [3.05, 3.63) is 89.0 Å². The molecule has 1 unspecified atom stereocenters. The number of nitrogens with two attached hydrogens (primary N) is 1. The fourth-order valence-corrected chi connectivity index (χ4v) is 2.79. The molecule has 0 aliphatic heterocycles. The highest BCUT2D eigenvalue weighted by Gasteiger charge is 2.06. The Bertz CT molecular complexity index is 784. The fraction of sp³-hybridized carbons (Fsp3) is 0.227. The van der Waals surface area contributed by atoms with Crippen molar-refractivity contribution in [3.8, 4) is 0 Å². The molecule has 0 saturated heterocycles. The van der Waals surface area contributed by atoms with E-state index in [4.69, 9.17) is 5.73 Å². The minimum absolute atomic E-state index is 0.143. The largest absolute Gasteiger partial charge is 0.351 e. The maximum Gasteiger partial charge on any atom is 0.0923 e. The van der Waals surface area contributed by atoms with Gasteiger partial charge >= 0.3 is 0 Å². The number of rotatable bonds is 7. The third kappa shape index (κ3) is 5.44. The van der Waals surface area contributed by atoms with Gasteiger partial charge in [-0.3, -0.25) is 0 Å². The number of benzene rings is 2. The quantitative estimate of drug-likeness (QED) is 0.631. The highest BCUT2D eigenvalue weighted by molar-refractivity contribution is 5.69. The van der Waals surface area contributed by atoms with Crippen molar-refractivity contribution in [1.29, 1.82) is 0 Å². The maximum absolute atomic E-state index is 6.20. The third-order valence-corrected chi connectivity index (χ3v) is 4.36. The zero-order valence-corrected chi connectivity index (χ0v) is 14.7. The van der Waals surface area contributed by atoms with Crippen molar-refractivity contribution in [2.45, 2.75) is 32.2 Å². The molecule has 3 nitrogen and oxygen atoms in total. The van der Waals surface area contributed by atoms with Crippen molar-refractivity contribution >= 4 is 12.2 Å². The molecule has 3 rings (SSSR count). The second-order valence-corrected chi connectivity index (χ2v) is 6.55. The van der Waals surface area contributed by atoms with E-state index in [1.54, 1.807) is 6.33 Å². The average molecular weight is 331 g/mol. The van der Waals surface area contributed by atoms with Crippen LogP contribution in [-0.4, -0.2) is 16.0 Å². The van der Waals surface area contributed by atoms with Gasteiger partial charge in [-0.1, -0.05) is 66.2 Å². The summed E-state index contributed by atoms with van der Waals surface area (Å²) in [5.41, 5.74) is 12.3. The Morgan fingerprint density at radius 1 is 1.00 bits per heavy atom. The van der Waals surface area contributed by atoms with E-state index in [1.165, 1.54) is 22.3 Å². The molecule has 1 heterocycles. The summed E-state index contributed by atoms with van der Waals surface area (Å²) in [5.74, 6) is 0. The van der Waals surface area contributed by atoms with Crippen LogP contribution in [0, 0.1) is 6.92 Å². The number of nitrogens with zero attached hydrogens (tertiary/aromatic N) is 1. The molecule has 0 saturated carbocycles. The van der Waals surface area contributed by atoms with Crippen LogP contribution in [0.25, 0.3) is 12.2 Å². The smallest absolute Gasteiger partial charge is 0.0923 e. The molecule has 25 heavy (non-hydrogen) atoms. The van der Waals surface area contributed by atoms with Crippen LogP contribution < -0.4 is 5.73 Å². The van der Waals surface area contributed by atoms with Gasteiger partial charge < -0.3 is 10.7 Å². The summed E-state index contributed by atoms with van der Waals surface area (Å²) in [4.78, 5) is 7.20. The summed E-state index contributed by atoms with van der Waals surface area (Å²) in [6.45, 7) is 2.10. The molecule has 0 aliphatic carbocycles. The van der Waals surface area contributed by atoms with Gasteiger partial charge in [0.25, 0.3) is 0 Å². The van der Waals surface area contributed by atoms with E-state index >= 15 is 0 Å². The second-order valence-electron chi connectivity index (χ2n) is 6.55. The number of hydrogen-bond acceptors (Lipinski definition) is 2. The lowest BCUT2D eigenvalue weighted by atomic mass is 10.0. The van der Waals surface area contributed by atoms with Gasteiger partial charge in [-0.2, -0.15) is 0 Å². The number of imidazole rings is 1. The first-order valence-electron chi connectivity index (χ1n) is 8.76. The van der Waals surface area contributed by atoms with Gasteiger partial charge in [0.1, 0.15) is 0 Å². The van der Waals surface area contributed by atoms with Gasteiger partial charge in [0.15, 0.2) is 0 Å². The van der Waals surface area contributed by atoms with Crippen molar-refractivity contribution in [3.63, 3.8) is 0 Å². The van der Waals surface area contributed by atoms with Crippen molar-refractivity contribution in [1.82, 2.24) is 9.97 Å². The molecule has 0 fully saturated rings. The zero-order chi connectivity index (χ0) is 17.5. The second kappa shape index (κ2) is 8.45. The Hall–Kier alpha value is -2.65. The number of H-pyrrole nitrogens is 1. The van der Waals surface area contributed by atoms with Crippen LogP contribution in [0.15, 0.2) is 61.1 Å². The van der Waals surface area contributed by atoms with Crippen molar-refractivity contribution < 1.29 is 0 Å². The molecule has 1 atom stereocenters. The van der Waals surface area contributed by atoms with Gasteiger partial charge in [-0.05, 0) is 36.5 Å². The normalized spacial score (nSPS) is 12.6.